The molecule has 4 aromatic rings. The Kier molecular flexibility index (Phi) is 5.21. The summed E-state index contributed by atoms with van der Waals surface area (Å²) in [7, 11) is 0. The highest BCUT2D eigenvalue weighted by Crippen LogP contribution is 2.43. The fourth-order valence-corrected chi connectivity index (χ4v) is 5.28. The van der Waals surface area contributed by atoms with Crippen molar-refractivity contribution in [2.45, 2.75) is 49.3 Å². The van der Waals surface area contributed by atoms with Gasteiger partial charge in [0.15, 0.2) is 0 Å². The third kappa shape index (κ3) is 3.59. The molecule has 2 heterocycles. The van der Waals surface area contributed by atoms with E-state index in [0.29, 0.717) is 17.8 Å². The van der Waals surface area contributed by atoms with Crippen LogP contribution >= 0.6 is 11.9 Å². The zero-order valence-electron chi connectivity index (χ0n) is 16.9. The van der Waals surface area contributed by atoms with Crippen molar-refractivity contribution in [2.24, 2.45) is 11.1 Å². The van der Waals surface area contributed by atoms with Gasteiger partial charge >= 0.3 is 0 Å². The van der Waals surface area contributed by atoms with E-state index in [-0.39, 0.29) is 5.82 Å². The molecule has 1 unspecified atom stereocenters. The van der Waals surface area contributed by atoms with Crippen LogP contribution in [0.15, 0.2) is 53.6 Å². The summed E-state index contributed by atoms with van der Waals surface area (Å²) in [5.41, 5.74) is 4.16. The van der Waals surface area contributed by atoms with E-state index in [4.69, 9.17) is 10.1 Å². The quantitative estimate of drug-likeness (QED) is 0.381. The number of H-pyrrole nitrogens is 1. The van der Waals surface area contributed by atoms with E-state index in [1.807, 2.05) is 18.3 Å². The van der Waals surface area contributed by atoms with E-state index in [1.54, 1.807) is 12.1 Å². The molecule has 4 nitrogen and oxygen atoms in total. The van der Waals surface area contributed by atoms with Crippen LogP contribution in [-0.2, 0) is 0 Å². The Labute approximate surface area is 179 Å². The number of halogens is 1. The van der Waals surface area contributed by atoms with Gasteiger partial charge in [-0.2, -0.15) is 0 Å². The Bertz CT molecular complexity index is 1200. The fourth-order valence-electron chi connectivity index (χ4n) is 4.95. The summed E-state index contributed by atoms with van der Waals surface area (Å²) in [6.07, 6.45) is 6.36. The van der Waals surface area contributed by atoms with E-state index in [2.05, 4.69) is 29.0 Å². The van der Waals surface area contributed by atoms with E-state index in [1.165, 1.54) is 23.6 Å². The van der Waals surface area contributed by atoms with Crippen LogP contribution in [0.2, 0.25) is 0 Å². The summed E-state index contributed by atoms with van der Waals surface area (Å²) < 4.78 is 13.8. The summed E-state index contributed by atoms with van der Waals surface area (Å²) in [5.74, 6) is 2.29. The molecule has 0 aliphatic heterocycles. The largest absolute Gasteiger partial charge is 0.342 e. The minimum atomic E-state index is -0.194. The van der Waals surface area contributed by atoms with Crippen molar-refractivity contribution >= 4 is 33.9 Å². The predicted molar refractivity (Wildman–Crippen MR) is 121 cm³/mol. The monoisotopic (exact) mass is 420 g/mol. The van der Waals surface area contributed by atoms with E-state index in [0.717, 1.165) is 58.3 Å². The van der Waals surface area contributed by atoms with Crippen LogP contribution < -0.4 is 5.14 Å². The summed E-state index contributed by atoms with van der Waals surface area (Å²) in [5, 5.41) is 6.64. The molecule has 5 rings (SSSR count). The number of pyridine rings is 1. The smallest absolute Gasteiger partial charge is 0.123 e. The van der Waals surface area contributed by atoms with Gasteiger partial charge in [-0.1, -0.05) is 6.92 Å². The minimum absolute atomic E-state index is 0.194. The number of aromatic nitrogens is 3. The van der Waals surface area contributed by atoms with Gasteiger partial charge in [0.25, 0.3) is 0 Å². The molecular weight excluding hydrogens is 395 g/mol. The van der Waals surface area contributed by atoms with Crippen LogP contribution in [0.1, 0.15) is 55.8 Å². The molecule has 0 radical (unpaired) electrons. The molecular formula is C24H25FN4S. The maximum atomic E-state index is 13.8. The third-order valence-electron chi connectivity index (χ3n) is 6.70. The van der Waals surface area contributed by atoms with Crippen LogP contribution in [0.5, 0.6) is 0 Å². The van der Waals surface area contributed by atoms with Crippen molar-refractivity contribution in [2.75, 3.05) is 0 Å². The molecule has 3 N–H and O–H groups in total. The minimum Gasteiger partial charge on any atom is -0.342 e. The summed E-state index contributed by atoms with van der Waals surface area (Å²) in [4.78, 5) is 13.8. The van der Waals surface area contributed by atoms with Gasteiger partial charge in [-0.3, -0.25) is 10.1 Å². The molecule has 30 heavy (non-hydrogen) atoms. The van der Waals surface area contributed by atoms with Gasteiger partial charge in [-0.15, -0.1) is 0 Å². The molecule has 6 heteroatoms. The molecule has 1 fully saturated rings. The Morgan fingerprint density at radius 1 is 1.07 bits per heavy atom. The average Bonchev–Trinajstić information content (AvgIpc) is 3.21. The molecule has 0 amide bonds. The molecule has 2 aromatic carbocycles. The van der Waals surface area contributed by atoms with Crippen molar-refractivity contribution in [3.63, 3.8) is 0 Å². The molecule has 0 saturated heterocycles. The SMILES string of the molecule is CC(c1nc2ccc(SN)cc2[nH]1)C1CCC(c2ccnc3ccc(F)cc23)CC1. The molecule has 154 valence electrons. The highest BCUT2D eigenvalue weighted by molar-refractivity contribution is 7.97. The number of nitrogens with one attached hydrogen (secondary N) is 1. The zero-order chi connectivity index (χ0) is 20.7. The second-order valence-corrected chi connectivity index (χ2v) is 9.09. The van der Waals surface area contributed by atoms with Crippen molar-refractivity contribution in [1.29, 1.82) is 0 Å². The first-order valence-corrected chi connectivity index (χ1v) is 11.4. The fraction of sp³-hybridized carbons (Fsp3) is 0.333. The molecule has 1 aliphatic carbocycles. The predicted octanol–water partition coefficient (Wildman–Crippen LogP) is 6.29. The molecule has 0 bridgehead atoms. The standard InChI is InChI=1S/C24H25FN4S/c1-14(24-28-22-9-7-18(30-26)13-23(22)29-24)15-2-4-16(5-3-15)19-10-11-27-21-8-6-17(25)12-20(19)21/h6-16H,2-5,26H2,1H3,(H,28,29). The van der Waals surface area contributed by atoms with E-state index in [9.17, 15) is 4.39 Å². The zero-order valence-corrected chi connectivity index (χ0v) is 17.8. The number of benzene rings is 2. The first-order chi connectivity index (χ1) is 14.6. The van der Waals surface area contributed by atoms with Gasteiger partial charge < -0.3 is 4.98 Å². The highest BCUT2D eigenvalue weighted by Gasteiger charge is 2.29. The van der Waals surface area contributed by atoms with Crippen molar-refractivity contribution < 1.29 is 4.39 Å². The first-order valence-electron chi connectivity index (χ1n) is 10.5. The number of aromatic amines is 1. The van der Waals surface area contributed by atoms with Gasteiger partial charge in [-0.05, 0) is 97.5 Å². The lowest BCUT2D eigenvalue weighted by molar-refractivity contribution is 0.286. The van der Waals surface area contributed by atoms with Crippen LogP contribution in [-0.4, -0.2) is 15.0 Å². The van der Waals surface area contributed by atoms with Crippen LogP contribution in [0.4, 0.5) is 4.39 Å². The number of nitrogens with two attached hydrogens (primary N) is 1. The Balaban J connectivity index is 1.33. The topological polar surface area (TPSA) is 67.6 Å². The molecule has 1 saturated carbocycles. The molecule has 2 aromatic heterocycles. The molecule has 0 spiro atoms. The summed E-state index contributed by atoms with van der Waals surface area (Å²) in [6, 6.07) is 13.1. The van der Waals surface area contributed by atoms with Gasteiger partial charge in [0.05, 0.1) is 16.6 Å². The number of imidazole rings is 1. The van der Waals surface area contributed by atoms with E-state index >= 15 is 0 Å². The van der Waals surface area contributed by atoms with Gasteiger partial charge in [0.2, 0.25) is 0 Å². The lowest BCUT2D eigenvalue weighted by atomic mass is 9.73. The second-order valence-electron chi connectivity index (χ2n) is 8.38. The lowest BCUT2D eigenvalue weighted by Crippen LogP contribution is -2.19. The van der Waals surface area contributed by atoms with Crippen molar-refractivity contribution in [1.82, 2.24) is 15.0 Å². The second kappa shape index (κ2) is 8.00. The van der Waals surface area contributed by atoms with Crippen LogP contribution in [0.25, 0.3) is 21.9 Å². The summed E-state index contributed by atoms with van der Waals surface area (Å²) in [6.45, 7) is 2.28. The van der Waals surface area contributed by atoms with Gasteiger partial charge in [-0.25, -0.2) is 9.37 Å². The lowest BCUT2D eigenvalue weighted by Gasteiger charge is -2.32. The van der Waals surface area contributed by atoms with Crippen molar-refractivity contribution in [3.8, 4) is 0 Å². The Hall–Kier alpha value is -2.44. The maximum absolute atomic E-state index is 13.8. The van der Waals surface area contributed by atoms with Crippen molar-refractivity contribution in [3.05, 3.63) is 65.9 Å². The molecule has 1 aliphatic rings. The van der Waals surface area contributed by atoms with E-state index < -0.39 is 0 Å². The molecule has 1 atom stereocenters. The number of hydrogen-bond acceptors (Lipinski definition) is 4. The Morgan fingerprint density at radius 2 is 1.87 bits per heavy atom. The third-order valence-corrected chi connectivity index (χ3v) is 7.22. The maximum Gasteiger partial charge on any atom is 0.123 e. The number of nitrogens with zero attached hydrogens (tertiary/aromatic N) is 2. The number of rotatable bonds is 4. The Morgan fingerprint density at radius 3 is 2.67 bits per heavy atom. The first kappa shape index (κ1) is 19.5. The number of fused-ring (bicyclic) bond motifs is 2. The summed E-state index contributed by atoms with van der Waals surface area (Å²) >= 11 is 1.25. The van der Waals surface area contributed by atoms with Gasteiger partial charge in [0.1, 0.15) is 11.6 Å². The average molecular weight is 421 g/mol. The normalized spacial score (nSPS) is 20.6. The number of hydrogen-bond donors (Lipinski definition) is 2. The highest BCUT2D eigenvalue weighted by atomic mass is 32.2. The van der Waals surface area contributed by atoms with Gasteiger partial charge in [0, 0.05) is 22.4 Å². The van der Waals surface area contributed by atoms with Crippen LogP contribution in [0.3, 0.4) is 0 Å². The van der Waals surface area contributed by atoms with Crippen LogP contribution in [0, 0.1) is 11.7 Å².